The number of hydrogen-bond donors (Lipinski definition) is 1. The van der Waals surface area contributed by atoms with Crippen LogP contribution in [0.1, 0.15) is 5.56 Å². The second-order valence-corrected chi connectivity index (χ2v) is 6.03. The number of carbonyl (C=O) groups excluding carboxylic acids is 1. The molecule has 104 valence electrons. The van der Waals surface area contributed by atoms with Gasteiger partial charge in [0.05, 0.1) is 21.5 Å². The molecule has 0 heterocycles. The summed E-state index contributed by atoms with van der Waals surface area (Å²) in [6, 6.07) is 13.1. The van der Waals surface area contributed by atoms with E-state index in [1.54, 1.807) is 18.2 Å². The van der Waals surface area contributed by atoms with E-state index in [2.05, 4.69) is 5.32 Å². The van der Waals surface area contributed by atoms with Crippen molar-refractivity contribution in [1.82, 2.24) is 0 Å². The molecule has 1 N–H and O–H groups in total. The Hall–Kier alpha value is -1.16. The molecule has 0 bridgehead atoms. The Bertz CT molecular complexity index is 611. The molecule has 0 aliphatic carbocycles. The molecule has 2 nitrogen and oxygen atoms in total. The number of benzene rings is 2. The van der Waals surface area contributed by atoms with Crippen LogP contribution in [0.15, 0.2) is 47.4 Å². The van der Waals surface area contributed by atoms with Gasteiger partial charge in [-0.1, -0.05) is 47.5 Å². The average molecular weight is 326 g/mol. The number of thioether (sulfide) groups is 1. The molecular formula is C15H13Cl2NOS. The second kappa shape index (κ2) is 7.02. The number of amides is 1. The van der Waals surface area contributed by atoms with Crippen LogP contribution >= 0.6 is 35.0 Å². The zero-order valence-corrected chi connectivity index (χ0v) is 13.1. The van der Waals surface area contributed by atoms with Crippen LogP contribution in [0.25, 0.3) is 0 Å². The summed E-state index contributed by atoms with van der Waals surface area (Å²) < 4.78 is 0. The first-order valence-electron chi connectivity index (χ1n) is 6.00. The van der Waals surface area contributed by atoms with Gasteiger partial charge in [-0.05, 0) is 30.7 Å². The van der Waals surface area contributed by atoms with E-state index in [4.69, 9.17) is 23.2 Å². The molecular weight excluding hydrogens is 313 g/mol. The van der Waals surface area contributed by atoms with Crippen molar-refractivity contribution in [3.8, 4) is 0 Å². The molecule has 0 radical (unpaired) electrons. The number of rotatable bonds is 4. The topological polar surface area (TPSA) is 29.1 Å². The van der Waals surface area contributed by atoms with E-state index in [0.717, 1.165) is 10.5 Å². The highest BCUT2D eigenvalue weighted by Gasteiger charge is 2.10. The summed E-state index contributed by atoms with van der Waals surface area (Å²) >= 11 is 13.5. The molecule has 0 saturated carbocycles. The summed E-state index contributed by atoms with van der Waals surface area (Å²) in [6.45, 7) is 2.02. The summed E-state index contributed by atoms with van der Waals surface area (Å²) in [5.74, 6) is 0.181. The van der Waals surface area contributed by atoms with Crippen LogP contribution < -0.4 is 5.32 Å². The first kappa shape index (κ1) is 15.2. The maximum absolute atomic E-state index is 12.0. The highest BCUT2D eigenvalue weighted by Crippen LogP contribution is 2.30. The fourth-order valence-electron chi connectivity index (χ4n) is 1.65. The zero-order valence-electron chi connectivity index (χ0n) is 10.8. The molecule has 0 saturated heterocycles. The van der Waals surface area contributed by atoms with Gasteiger partial charge in [0, 0.05) is 4.90 Å². The van der Waals surface area contributed by atoms with Gasteiger partial charge in [0.1, 0.15) is 0 Å². The smallest absolute Gasteiger partial charge is 0.234 e. The van der Waals surface area contributed by atoms with Crippen LogP contribution in [0.4, 0.5) is 5.69 Å². The predicted molar refractivity (Wildman–Crippen MR) is 87.0 cm³/mol. The number of anilines is 1. The normalized spacial score (nSPS) is 10.3. The van der Waals surface area contributed by atoms with Gasteiger partial charge in [-0.25, -0.2) is 0 Å². The Labute approximate surface area is 132 Å². The molecule has 2 rings (SSSR count). The van der Waals surface area contributed by atoms with E-state index in [1.165, 1.54) is 11.8 Å². The number of hydrogen-bond acceptors (Lipinski definition) is 2. The summed E-state index contributed by atoms with van der Waals surface area (Å²) in [4.78, 5) is 13.0. The molecule has 0 aliphatic heterocycles. The van der Waals surface area contributed by atoms with Gasteiger partial charge in [-0.3, -0.25) is 4.79 Å². The van der Waals surface area contributed by atoms with Crippen molar-refractivity contribution in [2.24, 2.45) is 0 Å². The van der Waals surface area contributed by atoms with Crippen LogP contribution in [0.3, 0.4) is 0 Å². The summed E-state index contributed by atoms with van der Waals surface area (Å²) in [7, 11) is 0. The van der Waals surface area contributed by atoms with E-state index < -0.39 is 0 Å². The molecule has 0 unspecified atom stereocenters. The van der Waals surface area contributed by atoms with E-state index in [1.807, 2.05) is 31.2 Å². The standard InChI is InChI=1S/C15H13Cl2NOS/c1-10-5-2-3-8-13(10)20-9-14(19)18-15-11(16)6-4-7-12(15)17/h2-8H,9H2,1H3,(H,18,19). The van der Waals surface area contributed by atoms with Crippen molar-refractivity contribution in [3.05, 3.63) is 58.1 Å². The Morgan fingerprint density at radius 2 is 1.75 bits per heavy atom. The largest absolute Gasteiger partial charge is 0.323 e. The molecule has 2 aromatic rings. The molecule has 5 heteroatoms. The minimum absolute atomic E-state index is 0.131. The number of carbonyl (C=O) groups is 1. The van der Waals surface area contributed by atoms with Gasteiger partial charge in [0.25, 0.3) is 0 Å². The van der Waals surface area contributed by atoms with E-state index >= 15 is 0 Å². The highest BCUT2D eigenvalue weighted by molar-refractivity contribution is 8.00. The first-order valence-corrected chi connectivity index (χ1v) is 7.74. The summed E-state index contributed by atoms with van der Waals surface area (Å²) in [6.07, 6.45) is 0. The van der Waals surface area contributed by atoms with Crippen molar-refractivity contribution >= 4 is 46.6 Å². The first-order chi connectivity index (χ1) is 9.58. The third kappa shape index (κ3) is 3.92. The van der Waals surface area contributed by atoms with Gasteiger partial charge in [-0.2, -0.15) is 0 Å². The van der Waals surface area contributed by atoms with E-state index in [-0.39, 0.29) is 5.91 Å². The summed E-state index contributed by atoms with van der Waals surface area (Å²) in [5.41, 5.74) is 1.62. The van der Waals surface area contributed by atoms with Crippen LogP contribution in [0.5, 0.6) is 0 Å². The lowest BCUT2D eigenvalue weighted by atomic mass is 10.2. The van der Waals surface area contributed by atoms with Crippen LogP contribution in [0, 0.1) is 6.92 Å². The quantitative estimate of drug-likeness (QED) is 0.798. The molecule has 20 heavy (non-hydrogen) atoms. The van der Waals surface area contributed by atoms with Crippen molar-refractivity contribution < 1.29 is 4.79 Å². The van der Waals surface area contributed by atoms with Crippen LogP contribution in [-0.2, 0) is 4.79 Å². The fraction of sp³-hybridized carbons (Fsp3) is 0.133. The lowest BCUT2D eigenvalue weighted by molar-refractivity contribution is -0.113. The van der Waals surface area contributed by atoms with E-state index in [9.17, 15) is 4.79 Å². The lowest BCUT2D eigenvalue weighted by Gasteiger charge is -2.09. The van der Waals surface area contributed by atoms with Gasteiger partial charge < -0.3 is 5.32 Å². The monoisotopic (exact) mass is 325 g/mol. The zero-order chi connectivity index (χ0) is 14.5. The van der Waals surface area contributed by atoms with Crippen molar-refractivity contribution in [1.29, 1.82) is 0 Å². The molecule has 0 aromatic heterocycles. The predicted octanol–water partition coefficient (Wildman–Crippen LogP) is 5.03. The average Bonchev–Trinajstić information content (AvgIpc) is 2.42. The van der Waals surface area contributed by atoms with Gasteiger partial charge in [0.15, 0.2) is 0 Å². The fourth-order valence-corrected chi connectivity index (χ4v) is 2.98. The number of halogens is 2. The van der Waals surface area contributed by atoms with Gasteiger partial charge in [-0.15, -0.1) is 11.8 Å². The maximum atomic E-state index is 12.0. The molecule has 2 aromatic carbocycles. The number of para-hydroxylation sites is 1. The third-order valence-corrected chi connectivity index (χ3v) is 4.49. The number of aryl methyl sites for hydroxylation is 1. The van der Waals surface area contributed by atoms with Crippen LogP contribution in [-0.4, -0.2) is 11.7 Å². The second-order valence-electron chi connectivity index (χ2n) is 4.20. The minimum Gasteiger partial charge on any atom is -0.323 e. The Morgan fingerprint density at radius 3 is 2.40 bits per heavy atom. The highest BCUT2D eigenvalue weighted by atomic mass is 35.5. The molecule has 0 atom stereocenters. The third-order valence-electron chi connectivity index (χ3n) is 2.68. The number of nitrogens with one attached hydrogen (secondary N) is 1. The van der Waals surface area contributed by atoms with E-state index in [0.29, 0.717) is 21.5 Å². The molecule has 0 aliphatic rings. The van der Waals surface area contributed by atoms with Crippen molar-refractivity contribution in [2.75, 3.05) is 11.1 Å². The van der Waals surface area contributed by atoms with Crippen molar-refractivity contribution in [2.45, 2.75) is 11.8 Å². The Kier molecular flexibility index (Phi) is 5.35. The lowest BCUT2D eigenvalue weighted by Crippen LogP contribution is -2.14. The van der Waals surface area contributed by atoms with Gasteiger partial charge in [0.2, 0.25) is 5.91 Å². The van der Waals surface area contributed by atoms with Crippen LogP contribution in [0.2, 0.25) is 10.0 Å². The minimum atomic E-state index is -0.131. The molecule has 0 spiro atoms. The molecule has 0 fully saturated rings. The SMILES string of the molecule is Cc1ccccc1SCC(=O)Nc1c(Cl)cccc1Cl. The van der Waals surface area contributed by atoms with Crippen molar-refractivity contribution in [3.63, 3.8) is 0 Å². The Balaban J connectivity index is 1.98. The summed E-state index contributed by atoms with van der Waals surface area (Å²) in [5, 5.41) is 3.62. The maximum Gasteiger partial charge on any atom is 0.234 e. The Morgan fingerprint density at radius 1 is 1.10 bits per heavy atom. The molecule has 1 amide bonds. The van der Waals surface area contributed by atoms with Gasteiger partial charge >= 0.3 is 0 Å².